The third kappa shape index (κ3) is 3.66. The third-order valence-electron chi connectivity index (χ3n) is 5.18. The molecule has 2 aliphatic rings. The molecule has 0 saturated carbocycles. The number of hydrogen-bond acceptors (Lipinski definition) is 6. The first-order valence-electron chi connectivity index (χ1n) is 9.58. The second-order valence-electron chi connectivity index (χ2n) is 7.00. The quantitative estimate of drug-likeness (QED) is 0.556. The average Bonchev–Trinajstić information content (AvgIpc) is 3.00. The van der Waals surface area contributed by atoms with Crippen LogP contribution in [0.5, 0.6) is 0 Å². The van der Waals surface area contributed by atoms with Crippen LogP contribution in [-0.4, -0.2) is 52.5 Å². The Morgan fingerprint density at radius 1 is 1.32 bits per heavy atom. The van der Waals surface area contributed by atoms with Crippen LogP contribution in [0, 0.1) is 0 Å². The van der Waals surface area contributed by atoms with E-state index in [0.29, 0.717) is 22.4 Å². The summed E-state index contributed by atoms with van der Waals surface area (Å²) in [6.45, 7) is 7.05. The number of fused-ring (bicyclic) bond motifs is 1. The van der Waals surface area contributed by atoms with Crippen molar-refractivity contribution in [2.24, 2.45) is 0 Å². The number of amides is 1. The summed E-state index contributed by atoms with van der Waals surface area (Å²) in [5, 5.41) is 1.06. The van der Waals surface area contributed by atoms with Gasteiger partial charge in [-0.3, -0.25) is 9.69 Å². The fraction of sp³-hybridized carbons (Fsp3) is 0.381. The lowest BCUT2D eigenvalue weighted by Gasteiger charge is -2.29. The fourth-order valence-corrected chi connectivity index (χ4v) is 4.89. The molecule has 2 aromatic rings. The van der Waals surface area contributed by atoms with E-state index in [1.807, 2.05) is 37.3 Å². The zero-order valence-corrected chi connectivity index (χ0v) is 17.7. The van der Waals surface area contributed by atoms with Crippen molar-refractivity contribution < 1.29 is 9.53 Å². The molecule has 2 saturated heterocycles. The molecule has 0 aliphatic carbocycles. The molecule has 146 valence electrons. The van der Waals surface area contributed by atoms with Crippen molar-refractivity contribution >= 4 is 57.0 Å². The third-order valence-corrected chi connectivity index (χ3v) is 6.52. The first kappa shape index (κ1) is 19.4. The molecule has 28 heavy (non-hydrogen) atoms. The summed E-state index contributed by atoms with van der Waals surface area (Å²) < 4.78 is 6.13. The average molecular weight is 414 g/mol. The molecule has 1 atom stereocenters. The Labute approximate surface area is 174 Å². The highest BCUT2D eigenvalue weighted by Crippen LogP contribution is 2.36. The van der Waals surface area contributed by atoms with E-state index in [1.165, 1.54) is 11.8 Å². The molecule has 1 amide bonds. The number of ether oxygens (including phenoxy) is 1. The number of anilines is 1. The maximum absolute atomic E-state index is 13.0. The van der Waals surface area contributed by atoms with Crippen LogP contribution < -0.4 is 4.90 Å². The zero-order valence-electron chi connectivity index (χ0n) is 16.1. The van der Waals surface area contributed by atoms with E-state index in [9.17, 15) is 4.79 Å². The Morgan fingerprint density at radius 2 is 2.07 bits per heavy atom. The number of para-hydroxylation sites is 1. The van der Waals surface area contributed by atoms with Gasteiger partial charge in [0.05, 0.1) is 23.6 Å². The van der Waals surface area contributed by atoms with Crippen molar-refractivity contribution in [3.05, 3.63) is 40.8 Å². The van der Waals surface area contributed by atoms with Gasteiger partial charge in [0.15, 0.2) is 0 Å². The van der Waals surface area contributed by atoms with Gasteiger partial charge in [-0.25, -0.2) is 4.98 Å². The number of hydrogen-bond donors (Lipinski definition) is 0. The van der Waals surface area contributed by atoms with Crippen molar-refractivity contribution in [1.82, 2.24) is 9.88 Å². The van der Waals surface area contributed by atoms with Gasteiger partial charge in [0.25, 0.3) is 5.91 Å². The maximum Gasteiger partial charge on any atom is 0.266 e. The summed E-state index contributed by atoms with van der Waals surface area (Å²) in [7, 11) is 0. The van der Waals surface area contributed by atoms with Crippen LogP contribution in [0.4, 0.5) is 5.82 Å². The van der Waals surface area contributed by atoms with Crippen molar-refractivity contribution in [1.29, 1.82) is 0 Å². The van der Waals surface area contributed by atoms with Crippen LogP contribution >= 0.6 is 24.0 Å². The predicted molar refractivity (Wildman–Crippen MR) is 120 cm³/mol. The molecule has 0 bridgehead atoms. The van der Waals surface area contributed by atoms with Crippen LogP contribution in [0.25, 0.3) is 17.0 Å². The number of carbonyl (C=O) groups is 1. The number of thioether (sulfide) groups is 1. The van der Waals surface area contributed by atoms with Gasteiger partial charge in [0, 0.05) is 30.1 Å². The molecule has 5 nitrogen and oxygen atoms in total. The molecule has 7 heteroatoms. The first-order valence-corrected chi connectivity index (χ1v) is 10.8. The van der Waals surface area contributed by atoms with Crippen molar-refractivity contribution in [2.75, 3.05) is 31.2 Å². The predicted octanol–water partition coefficient (Wildman–Crippen LogP) is 4.07. The summed E-state index contributed by atoms with van der Waals surface area (Å²) >= 11 is 6.85. The van der Waals surface area contributed by atoms with Gasteiger partial charge in [0.1, 0.15) is 10.1 Å². The van der Waals surface area contributed by atoms with Gasteiger partial charge in [0.2, 0.25) is 0 Å². The number of thiocarbonyl (C=S) groups is 1. The largest absolute Gasteiger partial charge is 0.378 e. The molecule has 4 rings (SSSR count). The number of aromatic nitrogens is 1. The molecule has 2 aliphatic heterocycles. The van der Waals surface area contributed by atoms with Crippen molar-refractivity contribution in [3.63, 3.8) is 0 Å². The van der Waals surface area contributed by atoms with E-state index in [2.05, 4.69) is 17.9 Å². The molecule has 0 N–H and O–H groups in total. The highest BCUT2D eigenvalue weighted by molar-refractivity contribution is 8.26. The smallest absolute Gasteiger partial charge is 0.266 e. The van der Waals surface area contributed by atoms with Crippen LogP contribution in [-0.2, 0) is 9.53 Å². The number of carbonyl (C=O) groups excluding carboxylic acids is 1. The molecule has 1 unspecified atom stereocenters. The molecule has 2 fully saturated rings. The Kier molecular flexibility index (Phi) is 5.66. The van der Waals surface area contributed by atoms with Gasteiger partial charge in [-0.15, -0.1) is 0 Å². The minimum atomic E-state index is -0.00886. The van der Waals surface area contributed by atoms with E-state index >= 15 is 0 Å². The van der Waals surface area contributed by atoms with Crippen molar-refractivity contribution in [2.45, 2.75) is 26.3 Å². The fourth-order valence-electron chi connectivity index (χ4n) is 3.44. The first-order chi connectivity index (χ1) is 13.6. The normalized spacial score (nSPS) is 20.4. The SMILES string of the molecule is CCC(C)N1C(=O)C(=Cc2cc3ccccc3nc2N2CCOCC2)SC1=S. The van der Waals surface area contributed by atoms with E-state index in [4.69, 9.17) is 21.9 Å². The highest BCUT2D eigenvalue weighted by atomic mass is 32.2. The molecule has 3 heterocycles. The standard InChI is InChI=1S/C21H23N3O2S2/c1-3-14(2)24-20(25)18(28-21(24)27)13-16-12-15-6-4-5-7-17(15)22-19(16)23-8-10-26-11-9-23/h4-7,12-14H,3,8-11H2,1-2H3. The lowest BCUT2D eigenvalue weighted by molar-refractivity contribution is -0.123. The minimum absolute atomic E-state index is 0.00886. The molecule has 1 aromatic heterocycles. The summed E-state index contributed by atoms with van der Waals surface area (Å²) in [4.78, 5) is 22.5. The Bertz CT molecular complexity index is 954. The molecular weight excluding hydrogens is 390 g/mol. The van der Waals surface area contributed by atoms with E-state index < -0.39 is 0 Å². The summed E-state index contributed by atoms with van der Waals surface area (Å²) in [5.74, 6) is 0.890. The zero-order chi connectivity index (χ0) is 19.7. The lowest BCUT2D eigenvalue weighted by Crippen LogP contribution is -2.37. The van der Waals surface area contributed by atoms with Crippen LogP contribution in [0.2, 0.25) is 0 Å². The van der Waals surface area contributed by atoms with E-state index in [1.54, 1.807) is 4.90 Å². The van der Waals surface area contributed by atoms with Gasteiger partial charge in [-0.1, -0.05) is 49.1 Å². The topological polar surface area (TPSA) is 45.7 Å². The summed E-state index contributed by atoms with van der Waals surface area (Å²) in [5.41, 5.74) is 1.90. The Morgan fingerprint density at radius 3 is 2.82 bits per heavy atom. The summed E-state index contributed by atoms with van der Waals surface area (Å²) in [6, 6.07) is 10.3. The Balaban J connectivity index is 1.78. The highest BCUT2D eigenvalue weighted by Gasteiger charge is 2.35. The maximum atomic E-state index is 13.0. The molecule has 0 radical (unpaired) electrons. The number of benzene rings is 1. The molecular formula is C21H23N3O2S2. The van der Waals surface area contributed by atoms with E-state index in [0.717, 1.165) is 41.8 Å². The molecule has 1 aromatic carbocycles. The number of nitrogens with zero attached hydrogens (tertiary/aromatic N) is 3. The Hall–Kier alpha value is -1.96. The van der Waals surface area contributed by atoms with Crippen LogP contribution in [0.1, 0.15) is 25.8 Å². The van der Waals surface area contributed by atoms with Gasteiger partial charge < -0.3 is 9.64 Å². The second-order valence-corrected chi connectivity index (χ2v) is 8.68. The van der Waals surface area contributed by atoms with Crippen LogP contribution in [0.3, 0.4) is 0 Å². The lowest BCUT2D eigenvalue weighted by atomic mass is 10.1. The summed E-state index contributed by atoms with van der Waals surface area (Å²) in [6.07, 6.45) is 2.82. The van der Waals surface area contributed by atoms with Crippen molar-refractivity contribution in [3.8, 4) is 0 Å². The molecule has 0 spiro atoms. The number of pyridine rings is 1. The minimum Gasteiger partial charge on any atom is -0.378 e. The van der Waals surface area contributed by atoms with Gasteiger partial charge in [-0.05, 0) is 31.6 Å². The monoisotopic (exact) mass is 413 g/mol. The van der Waals surface area contributed by atoms with Crippen LogP contribution in [0.15, 0.2) is 35.2 Å². The number of rotatable bonds is 4. The van der Waals surface area contributed by atoms with Gasteiger partial charge >= 0.3 is 0 Å². The second kappa shape index (κ2) is 8.19. The van der Waals surface area contributed by atoms with Gasteiger partial charge in [-0.2, -0.15) is 0 Å². The van der Waals surface area contributed by atoms with E-state index in [-0.39, 0.29) is 11.9 Å². The number of morpholine rings is 1.